The van der Waals surface area contributed by atoms with Crippen molar-refractivity contribution in [3.63, 3.8) is 0 Å². The molecule has 358 valence electrons. The van der Waals surface area contributed by atoms with E-state index in [4.69, 9.17) is 18.9 Å². The number of hydrogen-bond acceptors (Lipinski definition) is 10. The Morgan fingerprint density at radius 2 is 0.738 bits per heavy atom. The van der Waals surface area contributed by atoms with Crippen molar-refractivity contribution in [1.82, 2.24) is 4.90 Å². The Morgan fingerprint density at radius 1 is 0.443 bits per heavy atom. The molecule has 0 radical (unpaired) electrons. The van der Waals surface area contributed by atoms with Crippen LogP contribution in [0.5, 0.6) is 0 Å². The van der Waals surface area contributed by atoms with Gasteiger partial charge >= 0.3 is 23.9 Å². The van der Waals surface area contributed by atoms with E-state index in [0.717, 1.165) is 142 Å². The fourth-order valence-electron chi connectivity index (χ4n) is 8.17. The van der Waals surface area contributed by atoms with Gasteiger partial charge in [-0.3, -0.25) is 19.2 Å². The lowest BCUT2D eigenvalue weighted by Crippen LogP contribution is -2.46. The van der Waals surface area contributed by atoms with Crippen LogP contribution in [0.4, 0.5) is 0 Å². The molecule has 0 aromatic rings. The molecule has 1 fully saturated rings. The van der Waals surface area contributed by atoms with E-state index in [1.54, 1.807) is 0 Å². The van der Waals surface area contributed by atoms with Gasteiger partial charge in [-0.05, 0) is 83.2 Å². The Labute approximate surface area is 374 Å². The molecule has 0 heterocycles. The van der Waals surface area contributed by atoms with Crippen LogP contribution in [0, 0.1) is 17.8 Å². The summed E-state index contributed by atoms with van der Waals surface area (Å²) in [6.07, 6.45) is 30.9. The van der Waals surface area contributed by atoms with Crippen LogP contribution in [0.25, 0.3) is 0 Å². The van der Waals surface area contributed by atoms with Crippen molar-refractivity contribution in [3.05, 3.63) is 0 Å². The summed E-state index contributed by atoms with van der Waals surface area (Å²) < 4.78 is 22.9. The molecule has 10 nitrogen and oxygen atoms in total. The van der Waals surface area contributed by atoms with Gasteiger partial charge in [0.15, 0.2) is 0 Å². The lowest BCUT2D eigenvalue weighted by Gasteiger charge is -2.42. The van der Waals surface area contributed by atoms with Crippen molar-refractivity contribution in [1.29, 1.82) is 0 Å². The zero-order chi connectivity index (χ0) is 44.6. The monoisotopic (exact) mass is 866 g/mol. The molecule has 1 aliphatic carbocycles. The van der Waals surface area contributed by atoms with Crippen LogP contribution in [0.1, 0.15) is 233 Å². The number of aliphatic hydroxyl groups is 1. The average molecular weight is 866 g/mol. The summed E-state index contributed by atoms with van der Waals surface area (Å²) in [5.74, 6) is -0.316. The zero-order valence-electron chi connectivity index (χ0n) is 40.0. The van der Waals surface area contributed by atoms with Crippen LogP contribution >= 0.6 is 0 Å². The first-order valence-electron chi connectivity index (χ1n) is 25.7. The molecule has 61 heavy (non-hydrogen) atoms. The summed E-state index contributed by atoms with van der Waals surface area (Å²) in [5, 5.41) is 9.76. The number of ether oxygens (including phenoxy) is 4. The first kappa shape index (κ1) is 56.8. The molecule has 1 rings (SSSR count). The van der Waals surface area contributed by atoms with Crippen LogP contribution in [-0.4, -0.2) is 86.0 Å². The topological polar surface area (TPSA) is 129 Å². The second-order valence-corrected chi connectivity index (χ2v) is 18.3. The van der Waals surface area contributed by atoms with Gasteiger partial charge in [0.25, 0.3) is 0 Å². The molecule has 0 unspecified atom stereocenters. The van der Waals surface area contributed by atoms with E-state index in [2.05, 4.69) is 32.6 Å². The predicted octanol–water partition coefficient (Wildman–Crippen LogP) is 12.2. The maximum Gasteiger partial charge on any atom is 0.305 e. The van der Waals surface area contributed by atoms with Gasteiger partial charge in [-0.1, -0.05) is 143 Å². The predicted molar refractivity (Wildman–Crippen MR) is 247 cm³/mol. The summed E-state index contributed by atoms with van der Waals surface area (Å²) in [7, 11) is 0. The molecule has 0 atom stereocenters. The fourth-order valence-corrected chi connectivity index (χ4v) is 8.17. The molecule has 0 aliphatic heterocycles. The molecule has 0 aromatic heterocycles. The van der Waals surface area contributed by atoms with E-state index in [0.29, 0.717) is 37.6 Å². The van der Waals surface area contributed by atoms with E-state index >= 15 is 0 Å². The summed E-state index contributed by atoms with van der Waals surface area (Å²) in [6.45, 7) is 12.0. The lowest BCUT2D eigenvalue weighted by molar-refractivity contribution is -0.151. The van der Waals surface area contributed by atoms with Gasteiger partial charge in [0.2, 0.25) is 0 Å². The minimum absolute atomic E-state index is 0.0220. The van der Waals surface area contributed by atoms with Crippen LogP contribution in [0.2, 0.25) is 0 Å². The van der Waals surface area contributed by atoms with Gasteiger partial charge < -0.3 is 29.0 Å². The number of aliphatic hydroxyl groups excluding tert-OH is 1. The van der Waals surface area contributed by atoms with Crippen molar-refractivity contribution in [2.75, 3.05) is 46.1 Å². The molecule has 1 aliphatic rings. The fraction of sp³-hybridized carbons (Fsp3) is 0.922. The normalized spacial score (nSPS) is 15.0. The maximum absolute atomic E-state index is 12.6. The Balaban J connectivity index is 2.71. The van der Waals surface area contributed by atoms with Crippen molar-refractivity contribution in [2.24, 2.45) is 17.8 Å². The Bertz CT molecular complexity index is 933. The zero-order valence-corrected chi connectivity index (χ0v) is 40.0. The highest BCUT2D eigenvalue weighted by atomic mass is 16.6. The number of nitrogens with zero attached hydrogens (tertiary/aromatic N) is 1. The quantitative estimate of drug-likeness (QED) is 0.0359. The van der Waals surface area contributed by atoms with E-state index in [1.165, 1.54) is 51.4 Å². The maximum atomic E-state index is 12.6. The smallest absolute Gasteiger partial charge is 0.305 e. The molecule has 1 N–H and O–H groups in total. The second-order valence-electron chi connectivity index (χ2n) is 18.3. The molecule has 0 spiro atoms. The Morgan fingerprint density at radius 3 is 1.02 bits per heavy atom. The molecule has 0 saturated heterocycles. The average Bonchev–Trinajstić information content (AvgIpc) is 3.24. The Kier molecular flexibility index (Phi) is 37.8. The van der Waals surface area contributed by atoms with Gasteiger partial charge in [-0.2, -0.15) is 0 Å². The van der Waals surface area contributed by atoms with Gasteiger partial charge in [-0.15, -0.1) is 0 Å². The Hall–Kier alpha value is -2.20. The number of hydrogen-bond donors (Lipinski definition) is 1. The molecule has 10 heteroatoms. The third-order valence-electron chi connectivity index (χ3n) is 12.5. The standard InChI is InChI=1S/C51H95NO9/c1-5-9-13-17-21-31-48(54)58-40-44(41-59-49(55)32-22-18-14-10-6-2)29-25-27-35-52(47-37-46(38-47)39-53)36-28-26-30-45(42-60-50(56)33-23-19-15-11-7-3)43-61-51(57)34-24-20-16-12-8-4/h44-47,53H,5-43H2,1-4H3. The van der Waals surface area contributed by atoms with Gasteiger partial charge in [0.1, 0.15) is 0 Å². The van der Waals surface area contributed by atoms with E-state index in [9.17, 15) is 24.3 Å². The summed E-state index contributed by atoms with van der Waals surface area (Å²) in [6, 6.07) is 0.455. The van der Waals surface area contributed by atoms with Gasteiger partial charge in [0.05, 0.1) is 26.4 Å². The molecular formula is C51H95NO9. The van der Waals surface area contributed by atoms with Crippen LogP contribution < -0.4 is 0 Å². The number of carbonyl (C=O) groups is 4. The minimum Gasteiger partial charge on any atom is -0.465 e. The number of carbonyl (C=O) groups excluding carboxylic acids is 4. The van der Waals surface area contributed by atoms with Crippen molar-refractivity contribution >= 4 is 23.9 Å². The third-order valence-corrected chi connectivity index (χ3v) is 12.5. The highest BCUT2D eigenvalue weighted by Crippen LogP contribution is 2.32. The second kappa shape index (κ2) is 40.6. The third kappa shape index (κ3) is 33.0. The molecule has 0 bridgehead atoms. The van der Waals surface area contributed by atoms with Crippen molar-refractivity contribution in [2.45, 2.75) is 239 Å². The number of esters is 4. The minimum atomic E-state index is -0.160. The number of unbranched alkanes of at least 4 members (excludes halogenated alkanes) is 18. The summed E-state index contributed by atoms with van der Waals surface area (Å²) in [4.78, 5) is 52.8. The SMILES string of the molecule is CCCCCCCC(=O)OCC(CCCCN(CCCCC(COC(=O)CCCCCCC)COC(=O)CCCCCCC)C1CC(CO)C1)COC(=O)CCCCCCC. The van der Waals surface area contributed by atoms with Gasteiger partial charge in [0, 0.05) is 50.2 Å². The highest BCUT2D eigenvalue weighted by Gasteiger charge is 2.32. The molecule has 0 aromatic carbocycles. The van der Waals surface area contributed by atoms with Crippen molar-refractivity contribution < 1.29 is 43.2 Å². The van der Waals surface area contributed by atoms with Crippen LogP contribution in [-0.2, 0) is 38.1 Å². The summed E-state index contributed by atoms with van der Waals surface area (Å²) in [5.41, 5.74) is 0. The highest BCUT2D eigenvalue weighted by molar-refractivity contribution is 5.70. The van der Waals surface area contributed by atoms with Crippen LogP contribution in [0.3, 0.4) is 0 Å². The first-order chi connectivity index (χ1) is 29.8. The van der Waals surface area contributed by atoms with E-state index < -0.39 is 0 Å². The molecule has 1 saturated carbocycles. The summed E-state index contributed by atoms with van der Waals surface area (Å²) >= 11 is 0. The van der Waals surface area contributed by atoms with E-state index in [-0.39, 0.29) is 68.7 Å². The first-order valence-corrected chi connectivity index (χ1v) is 25.7. The largest absolute Gasteiger partial charge is 0.465 e. The molecule has 0 amide bonds. The molecular weight excluding hydrogens is 771 g/mol. The lowest BCUT2D eigenvalue weighted by atomic mass is 9.79. The van der Waals surface area contributed by atoms with Gasteiger partial charge in [-0.25, -0.2) is 0 Å². The van der Waals surface area contributed by atoms with Crippen molar-refractivity contribution in [3.8, 4) is 0 Å². The van der Waals surface area contributed by atoms with E-state index in [1.807, 2.05) is 0 Å². The van der Waals surface area contributed by atoms with Crippen LogP contribution in [0.15, 0.2) is 0 Å². The number of rotatable bonds is 44.